The number of carbonyl (C=O) groups excluding carboxylic acids is 1. The van der Waals surface area contributed by atoms with Crippen LogP contribution in [0.2, 0.25) is 5.02 Å². The topological polar surface area (TPSA) is 62.5 Å². The van der Waals surface area contributed by atoms with E-state index in [1.165, 1.54) is 0 Å². The van der Waals surface area contributed by atoms with E-state index < -0.39 is 11.7 Å². The van der Waals surface area contributed by atoms with Gasteiger partial charge in [-0.25, -0.2) is 4.98 Å². The second-order valence-electron chi connectivity index (χ2n) is 6.37. The zero-order chi connectivity index (χ0) is 19.8. The molecule has 1 aliphatic heterocycles. The first kappa shape index (κ1) is 19.5. The van der Waals surface area contributed by atoms with E-state index in [0.29, 0.717) is 43.5 Å². The van der Waals surface area contributed by atoms with Crippen molar-refractivity contribution in [1.82, 2.24) is 15.0 Å². The second-order valence-corrected chi connectivity index (χ2v) is 6.78. The molecule has 1 aliphatic rings. The molecule has 1 saturated heterocycles. The Balaban J connectivity index is 1.63. The summed E-state index contributed by atoms with van der Waals surface area (Å²) < 4.78 is 43.3. The van der Waals surface area contributed by atoms with Crippen LogP contribution < -0.4 is 4.90 Å². The van der Waals surface area contributed by atoms with Crippen molar-refractivity contribution < 1.29 is 22.5 Å². The minimum atomic E-state index is -4.49. The van der Waals surface area contributed by atoms with Crippen molar-refractivity contribution in [2.24, 2.45) is 0 Å². The Morgan fingerprint density at radius 2 is 1.93 bits per heavy atom. The summed E-state index contributed by atoms with van der Waals surface area (Å²) >= 11 is 6.00. The van der Waals surface area contributed by atoms with E-state index in [-0.39, 0.29) is 17.4 Å². The maximum atomic E-state index is 12.7. The monoisotopic (exact) mass is 402 g/mol. The minimum Gasteiger partial charge on any atom is -0.361 e. The molecule has 27 heavy (non-hydrogen) atoms. The highest BCUT2D eigenvalue weighted by Crippen LogP contribution is 2.33. The third-order valence-corrected chi connectivity index (χ3v) is 4.87. The molecule has 1 fully saturated rings. The Kier molecular flexibility index (Phi) is 5.32. The summed E-state index contributed by atoms with van der Waals surface area (Å²) in [5.41, 5.74) is 0.597. The zero-order valence-electron chi connectivity index (χ0n) is 14.8. The van der Waals surface area contributed by atoms with Crippen molar-refractivity contribution in [3.63, 3.8) is 0 Å². The number of anilines is 1. The van der Waals surface area contributed by atoms with E-state index >= 15 is 0 Å². The molecule has 0 saturated carbocycles. The Labute approximate surface area is 158 Å². The average molecular weight is 403 g/mol. The summed E-state index contributed by atoms with van der Waals surface area (Å²) in [7, 11) is 0. The first-order valence-electron chi connectivity index (χ1n) is 8.34. The number of carbonyl (C=O) groups is 1. The van der Waals surface area contributed by atoms with Gasteiger partial charge in [0.15, 0.2) is 0 Å². The van der Waals surface area contributed by atoms with Crippen molar-refractivity contribution in [2.45, 2.75) is 26.4 Å². The Bertz CT molecular complexity index is 826. The molecule has 0 atom stereocenters. The molecule has 2 aromatic heterocycles. The number of amides is 1. The molecule has 1 amide bonds. The quantitative estimate of drug-likeness (QED) is 0.788. The molecule has 0 aromatic carbocycles. The molecule has 0 radical (unpaired) electrons. The van der Waals surface area contributed by atoms with Crippen molar-refractivity contribution >= 4 is 23.3 Å². The number of hydrogen-bond acceptors (Lipinski definition) is 5. The van der Waals surface area contributed by atoms with Gasteiger partial charge in [-0.05, 0) is 19.9 Å². The lowest BCUT2D eigenvalue weighted by molar-refractivity contribution is -0.137. The predicted molar refractivity (Wildman–Crippen MR) is 92.7 cm³/mol. The number of alkyl halides is 3. The van der Waals surface area contributed by atoms with E-state index in [1.54, 1.807) is 23.6 Å². The van der Waals surface area contributed by atoms with Gasteiger partial charge in [-0.3, -0.25) is 4.79 Å². The minimum absolute atomic E-state index is 0.0458. The smallest absolute Gasteiger partial charge is 0.361 e. The predicted octanol–water partition coefficient (Wildman–Crippen LogP) is 3.25. The maximum Gasteiger partial charge on any atom is 0.417 e. The van der Waals surface area contributed by atoms with Gasteiger partial charge in [0.25, 0.3) is 0 Å². The number of aromatic nitrogens is 2. The van der Waals surface area contributed by atoms with Gasteiger partial charge < -0.3 is 14.3 Å². The van der Waals surface area contributed by atoms with Crippen LogP contribution in [-0.2, 0) is 17.4 Å². The van der Waals surface area contributed by atoms with E-state index in [9.17, 15) is 18.0 Å². The van der Waals surface area contributed by atoms with Crippen LogP contribution in [0.4, 0.5) is 19.0 Å². The van der Waals surface area contributed by atoms with E-state index in [1.807, 2.05) is 0 Å². The zero-order valence-corrected chi connectivity index (χ0v) is 15.6. The number of nitrogens with zero attached hydrogens (tertiary/aromatic N) is 4. The Hall–Kier alpha value is -2.29. The number of aryl methyl sites for hydroxylation is 2. The maximum absolute atomic E-state index is 12.7. The van der Waals surface area contributed by atoms with Crippen LogP contribution in [0.15, 0.2) is 16.8 Å². The standard InChI is InChI=1S/C17H18ClF3N4O2/c1-10-13(11(2)27-23-10)8-15(26)24-3-5-25(6-4-24)16-14(18)7-12(9-22-16)17(19,20)21/h7,9H,3-6,8H2,1-2H3. The van der Waals surface area contributed by atoms with Crippen molar-refractivity contribution in [3.8, 4) is 0 Å². The van der Waals surface area contributed by atoms with Crippen LogP contribution in [0.5, 0.6) is 0 Å². The van der Waals surface area contributed by atoms with Gasteiger partial charge in [-0.15, -0.1) is 0 Å². The number of rotatable bonds is 3. The molecule has 6 nitrogen and oxygen atoms in total. The van der Waals surface area contributed by atoms with Crippen molar-refractivity contribution in [2.75, 3.05) is 31.1 Å². The molecule has 10 heteroatoms. The molecule has 0 N–H and O–H groups in total. The van der Waals surface area contributed by atoms with Gasteiger partial charge in [-0.1, -0.05) is 16.8 Å². The molecular weight excluding hydrogens is 385 g/mol. The van der Waals surface area contributed by atoms with Crippen LogP contribution in [0.1, 0.15) is 22.6 Å². The molecular formula is C17H18ClF3N4O2. The molecule has 0 spiro atoms. The van der Waals surface area contributed by atoms with Gasteiger partial charge >= 0.3 is 6.18 Å². The fourth-order valence-corrected chi connectivity index (χ4v) is 3.29. The molecule has 2 aromatic rings. The number of halogens is 4. The second kappa shape index (κ2) is 7.38. The highest BCUT2D eigenvalue weighted by atomic mass is 35.5. The van der Waals surface area contributed by atoms with Gasteiger partial charge in [-0.2, -0.15) is 13.2 Å². The van der Waals surface area contributed by atoms with Crippen molar-refractivity contribution in [3.05, 3.63) is 39.9 Å². The largest absolute Gasteiger partial charge is 0.417 e. The lowest BCUT2D eigenvalue weighted by Crippen LogP contribution is -2.49. The van der Waals surface area contributed by atoms with Gasteiger partial charge in [0.2, 0.25) is 5.91 Å². The molecule has 0 aliphatic carbocycles. The first-order chi connectivity index (χ1) is 12.7. The van der Waals surface area contributed by atoms with E-state index in [2.05, 4.69) is 10.1 Å². The first-order valence-corrected chi connectivity index (χ1v) is 8.72. The molecule has 0 bridgehead atoms. The van der Waals surface area contributed by atoms with Crippen LogP contribution in [-0.4, -0.2) is 47.1 Å². The Morgan fingerprint density at radius 1 is 1.26 bits per heavy atom. The summed E-state index contributed by atoms with van der Waals surface area (Å²) in [6, 6.07) is 0.874. The third kappa shape index (κ3) is 4.18. The number of hydrogen-bond donors (Lipinski definition) is 0. The van der Waals surface area contributed by atoms with Gasteiger partial charge in [0.05, 0.1) is 22.7 Å². The lowest BCUT2D eigenvalue weighted by Gasteiger charge is -2.35. The van der Waals surface area contributed by atoms with Gasteiger partial charge in [0, 0.05) is 37.9 Å². The van der Waals surface area contributed by atoms with Crippen LogP contribution in [0.3, 0.4) is 0 Å². The fourth-order valence-electron chi connectivity index (χ4n) is 3.00. The lowest BCUT2D eigenvalue weighted by atomic mass is 10.1. The summed E-state index contributed by atoms with van der Waals surface area (Å²) in [4.78, 5) is 19.9. The fraction of sp³-hybridized carbons (Fsp3) is 0.471. The van der Waals surface area contributed by atoms with E-state index in [4.69, 9.17) is 16.1 Å². The summed E-state index contributed by atoms with van der Waals surface area (Å²) in [5.74, 6) is 0.873. The van der Waals surface area contributed by atoms with Crippen LogP contribution in [0, 0.1) is 13.8 Å². The summed E-state index contributed by atoms with van der Waals surface area (Å²) in [6.45, 7) is 5.29. The average Bonchev–Trinajstić information content (AvgIpc) is 2.93. The number of pyridine rings is 1. The summed E-state index contributed by atoms with van der Waals surface area (Å²) in [5, 5.41) is 3.79. The highest BCUT2D eigenvalue weighted by molar-refractivity contribution is 6.33. The molecule has 3 heterocycles. The Morgan fingerprint density at radius 3 is 2.44 bits per heavy atom. The van der Waals surface area contributed by atoms with Crippen LogP contribution >= 0.6 is 11.6 Å². The highest BCUT2D eigenvalue weighted by Gasteiger charge is 2.32. The third-order valence-electron chi connectivity index (χ3n) is 4.59. The molecule has 0 unspecified atom stereocenters. The van der Waals surface area contributed by atoms with Crippen molar-refractivity contribution in [1.29, 1.82) is 0 Å². The van der Waals surface area contributed by atoms with E-state index in [0.717, 1.165) is 17.8 Å². The molecule has 3 rings (SSSR count). The molecule has 146 valence electrons. The normalized spacial score (nSPS) is 15.3. The summed E-state index contributed by atoms with van der Waals surface area (Å²) in [6.07, 6.45) is -3.50. The van der Waals surface area contributed by atoms with Crippen LogP contribution in [0.25, 0.3) is 0 Å². The van der Waals surface area contributed by atoms with Gasteiger partial charge in [0.1, 0.15) is 11.6 Å². The number of piperazine rings is 1. The SMILES string of the molecule is Cc1noc(C)c1CC(=O)N1CCN(c2ncc(C(F)(F)F)cc2Cl)CC1.